The van der Waals surface area contributed by atoms with Gasteiger partial charge in [-0.3, -0.25) is 110 Å². The van der Waals surface area contributed by atoms with Crippen LogP contribution in [0.4, 0.5) is 0 Å². The predicted octanol–water partition coefficient (Wildman–Crippen LogP) is -5.39. The second kappa shape index (κ2) is 49.3. The normalized spacial score (nSPS) is 16.2. The Bertz CT molecular complexity index is 4420. The zero-order chi connectivity index (χ0) is 104. The van der Waals surface area contributed by atoms with Crippen LogP contribution in [-0.4, -0.2) is 287 Å². The van der Waals surface area contributed by atoms with Gasteiger partial charge in [-0.15, -0.1) is 0 Å². The van der Waals surface area contributed by atoms with Gasteiger partial charge in [-0.05, 0) is 214 Å². The lowest BCUT2D eigenvalue weighted by Gasteiger charge is -2.36. The highest BCUT2D eigenvalue weighted by molar-refractivity contribution is 6.05. The third-order valence-electron chi connectivity index (χ3n) is 22.4. The van der Waals surface area contributed by atoms with Crippen LogP contribution in [-0.2, 0) is 110 Å². The summed E-state index contributed by atoms with van der Waals surface area (Å²) >= 11 is 0. The first kappa shape index (κ1) is 119. The number of nitrogens with two attached hydrogens (primary N) is 3. The van der Waals surface area contributed by atoms with Gasteiger partial charge < -0.3 is 128 Å². The van der Waals surface area contributed by atoms with Crippen molar-refractivity contribution in [2.45, 2.75) is 374 Å². The number of amides is 23. The Morgan fingerprint density at radius 2 is 0.667 bits per heavy atom. The lowest BCUT2D eigenvalue weighted by molar-refractivity contribution is -0.146. The van der Waals surface area contributed by atoms with Crippen LogP contribution in [0.2, 0.25) is 0 Å². The fraction of sp³-hybridized carbons (Fsp3) is 0.739. The number of carbonyl (C=O) groups excluding carboxylic acids is 23. The van der Waals surface area contributed by atoms with Gasteiger partial charge in [0.05, 0.1) is 19.2 Å². The highest BCUT2D eigenvalue weighted by Gasteiger charge is 2.49. The summed E-state index contributed by atoms with van der Waals surface area (Å²) in [5, 5.41) is 55.6. The van der Waals surface area contributed by atoms with Gasteiger partial charge in [-0.2, -0.15) is 0 Å². The molecule has 23 amide bonds. The molecule has 0 bridgehead atoms. The van der Waals surface area contributed by atoms with Crippen molar-refractivity contribution in [3.05, 3.63) is 0 Å². The van der Waals surface area contributed by atoms with E-state index in [4.69, 9.17) is 17.2 Å². The second-order valence-corrected chi connectivity index (χ2v) is 40.7. The topological polar surface area (TPSA) is 714 Å². The fourth-order valence-electron chi connectivity index (χ4n) is 14.2. The van der Waals surface area contributed by atoms with Crippen LogP contribution in [0.25, 0.3) is 0 Å². The van der Waals surface area contributed by atoms with Crippen LogP contribution in [0.1, 0.15) is 264 Å². The first-order chi connectivity index (χ1) is 61.5. The molecule has 47 heteroatoms. The maximum atomic E-state index is 14.5. The summed E-state index contributed by atoms with van der Waals surface area (Å²) in [5.41, 5.74) is 0.391. The van der Waals surface area contributed by atoms with Crippen molar-refractivity contribution in [3.8, 4) is 0 Å². The van der Waals surface area contributed by atoms with E-state index in [9.17, 15) is 115 Å². The second-order valence-electron chi connectivity index (χ2n) is 40.7. The van der Waals surface area contributed by atoms with Crippen molar-refractivity contribution in [2.75, 3.05) is 26.2 Å². The molecule has 0 saturated carbocycles. The molecular formula is C88H151N23O24. The van der Waals surface area contributed by atoms with E-state index in [1.54, 1.807) is 27.7 Å². The number of aliphatic hydroxyl groups is 1. The molecule has 2 rings (SSSR count). The molecule has 47 nitrogen and oxygen atoms in total. The van der Waals surface area contributed by atoms with Crippen LogP contribution in [0, 0.1) is 17.8 Å². The van der Waals surface area contributed by atoms with E-state index >= 15 is 0 Å². The van der Waals surface area contributed by atoms with E-state index in [0.29, 0.717) is 19.3 Å². The Hall–Kier alpha value is -12.2. The number of nitrogens with zero attached hydrogens (tertiary/aromatic N) is 2. The van der Waals surface area contributed by atoms with Crippen molar-refractivity contribution >= 4 is 136 Å². The summed E-state index contributed by atoms with van der Waals surface area (Å²) < 4.78 is 0. The van der Waals surface area contributed by atoms with Crippen molar-refractivity contribution in [2.24, 2.45) is 35.0 Å². The maximum absolute atomic E-state index is 14.5. The molecule has 0 radical (unpaired) electrons. The lowest BCUT2D eigenvalue weighted by atomic mass is 9.96. The summed E-state index contributed by atoms with van der Waals surface area (Å²) in [4.78, 5) is 314. The van der Waals surface area contributed by atoms with Crippen molar-refractivity contribution < 1.29 is 115 Å². The van der Waals surface area contributed by atoms with Crippen molar-refractivity contribution in [1.29, 1.82) is 0 Å². The fourth-order valence-corrected chi connectivity index (χ4v) is 14.2. The summed E-state index contributed by atoms with van der Waals surface area (Å²) in [5.74, 6) is -20.3. The quantitative estimate of drug-likeness (QED) is 0.0270. The van der Waals surface area contributed by atoms with Gasteiger partial charge in [0.1, 0.15) is 104 Å². The first-order valence-corrected chi connectivity index (χ1v) is 45.2. The van der Waals surface area contributed by atoms with Crippen LogP contribution in [0.3, 0.4) is 0 Å². The van der Waals surface area contributed by atoms with Gasteiger partial charge >= 0.3 is 0 Å². The van der Waals surface area contributed by atoms with Crippen LogP contribution >= 0.6 is 0 Å². The number of rotatable bonds is 52. The maximum Gasteiger partial charge on any atom is 0.248 e. The largest absolute Gasteiger partial charge is 0.394 e. The monoisotopic (exact) mass is 1910 g/mol. The Morgan fingerprint density at radius 3 is 1.10 bits per heavy atom. The smallest absolute Gasteiger partial charge is 0.248 e. The molecular weight excluding hydrogens is 1760 g/mol. The van der Waals surface area contributed by atoms with E-state index in [-0.39, 0.29) is 63.5 Å². The van der Waals surface area contributed by atoms with Gasteiger partial charge in [-0.25, -0.2) is 0 Å². The van der Waals surface area contributed by atoms with Gasteiger partial charge in [0, 0.05) is 39.3 Å². The number of likely N-dealkylation sites (tertiary alicyclic amines) is 2. The molecule has 10 unspecified atom stereocenters. The predicted molar refractivity (Wildman–Crippen MR) is 491 cm³/mol. The molecule has 2 aliphatic heterocycles. The van der Waals surface area contributed by atoms with E-state index in [1.807, 2.05) is 13.8 Å². The molecule has 135 heavy (non-hydrogen) atoms. The minimum atomic E-state index is -1.90. The Balaban J connectivity index is 2.14. The number of hydrogen-bond acceptors (Lipinski definition) is 24. The first-order valence-electron chi connectivity index (χ1n) is 45.2. The Morgan fingerprint density at radius 1 is 0.333 bits per heavy atom. The molecule has 0 aromatic heterocycles. The number of hydrogen-bond donors (Lipinski definition) is 22. The van der Waals surface area contributed by atoms with E-state index in [1.165, 1.54) is 155 Å². The zero-order valence-corrected chi connectivity index (χ0v) is 83.3. The average Bonchev–Trinajstić information content (AvgIpc) is 1.72. The van der Waals surface area contributed by atoms with Crippen molar-refractivity contribution in [3.63, 3.8) is 0 Å². The SMILES string of the molecule is CC(=O)NC(C)(C)C(=O)N1CCCC1C(=O)NC(C)(C)C(=O)NC(C)C(=O)NC(C)(C)C(=O)NC(C)C(=O)NC(CCC(N)=O)C(=O)NC(C)(C)C(=O)NC(CC(C)C)C(=O)NC(C)(C)C(=O)NCC(=O)NC(C)(C)C(=O)NC(C)(C)C(=O)N1CCCC1C(=O)NC(C(=O)NC(C)(C)C(=O)NC(C)(C)C(=O)NC(CCC(N)=O)C(=O)NC(CCC(N)=O)C(=O)NC(CO)CC(C)C)C(C)C. The Labute approximate surface area is 788 Å². The van der Waals surface area contributed by atoms with Gasteiger partial charge in [0.25, 0.3) is 0 Å². The molecule has 2 aliphatic rings. The summed E-state index contributed by atoms with van der Waals surface area (Å²) in [6.45, 7) is 37.1. The summed E-state index contributed by atoms with van der Waals surface area (Å²) in [6.07, 6.45) is -0.848. The molecule has 2 heterocycles. The van der Waals surface area contributed by atoms with Gasteiger partial charge in [0.2, 0.25) is 136 Å². The molecule has 0 spiro atoms. The van der Waals surface area contributed by atoms with E-state index < -0.39 is 284 Å². The minimum Gasteiger partial charge on any atom is -0.394 e. The summed E-state index contributed by atoms with van der Waals surface area (Å²) in [7, 11) is 0. The van der Waals surface area contributed by atoms with Crippen LogP contribution in [0.5, 0.6) is 0 Å². The molecule has 762 valence electrons. The molecule has 10 atom stereocenters. The molecule has 0 aromatic carbocycles. The minimum absolute atomic E-state index is 0.0259. The molecule has 2 fully saturated rings. The molecule has 25 N–H and O–H groups in total. The number of nitrogens with one attached hydrogen (secondary N) is 18. The third-order valence-corrected chi connectivity index (χ3v) is 22.4. The molecule has 0 aliphatic carbocycles. The van der Waals surface area contributed by atoms with Crippen LogP contribution in [0.15, 0.2) is 0 Å². The third kappa shape index (κ3) is 37.2. The van der Waals surface area contributed by atoms with E-state index in [2.05, 4.69) is 95.7 Å². The van der Waals surface area contributed by atoms with Gasteiger partial charge in [-0.1, -0.05) is 41.5 Å². The zero-order valence-electron chi connectivity index (χ0n) is 83.3. The van der Waals surface area contributed by atoms with Crippen molar-refractivity contribution in [1.82, 2.24) is 106 Å². The number of primary amides is 3. The molecule has 0 aromatic rings. The van der Waals surface area contributed by atoms with Gasteiger partial charge in [0.15, 0.2) is 0 Å². The Kier molecular flexibility index (Phi) is 43.4. The highest BCUT2D eigenvalue weighted by atomic mass is 16.3. The van der Waals surface area contributed by atoms with E-state index in [0.717, 1.165) is 0 Å². The molecule has 2 saturated heterocycles. The van der Waals surface area contributed by atoms with Crippen LogP contribution < -0.4 is 113 Å². The lowest BCUT2D eigenvalue weighted by Crippen LogP contribution is -2.66. The standard InChI is InChI=1S/C88H151N23O24/c1-44(2)40-50(43-112)95-64(120)51(32-35-57(89)114)97-65(121)52(33-36-58(90)115)98-75(131)84(18,19)108-77(133)86(22,23)107-70(126)61(46(5)6)100-68(124)55-30-28-38-110(55)79(135)88(26,27)109-76(132)85(20,21)102-60(117)42-92-71(127)80(10,11)105-67(123)54(41-45(3)4)99-74(130)83(16,17)104-66(122)53(34-37-59(91)116)96-62(118)47(7)93-72(128)81(12,13)103-63(119)48(8)94-73(129)82(14,15)106-69(125)56-31-29-39-111(56)78(134)87(24,25)101-49(9)113/h44-48,50-56,61,112H,28-43H2,1-27H3,(H2,89,114)(H2,90,115)(H2,91,116)(H,92,127)(H,93,128)(H,94,129)(H,95,120)(H,96,118)(H,97,121)(H,98,131)(H,99,130)(H,100,124)(H,101,113)(H,102,117)(H,103,119)(H,104,122)(H,105,123)(H,106,125)(H,107,126)(H,108,133)(H,109,132). The highest BCUT2D eigenvalue weighted by Crippen LogP contribution is 2.27. The number of aliphatic hydroxyl groups excluding tert-OH is 1. The summed E-state index contributed by atoms with van der Waals surface area (Å²) in [6, 6.07) is -12.9. The average molecular weight is 1920 g/mol. The number of carbonyl (C=O) groups is 23.